The second-order valence-electron chi connectivity index (χ2n) is 6.09. The van der Waals surface area contributed by atoms with Crippen molar-refractivity contribution in [3.05, 3.63) is 70.2 Å². The van der Waals surface area contributed by atoms with Crippen LogP contribution in [0.3, 0.4) is 0 Å². The van der Waals surface area contributed by atoms with Gasteiger partial charge in [-0.25, -0.2) is 4.90 Å². The van der Waals surface area contributed by atoms with Gasteiger partial charge in [-0.05, 0) is 36.0 Å². The average Bonchev–Trinajstić information content (AvgIpc) is 3.13. The van der Waals surface area contributed by atoms with Gasteiger partial charge in [0.05, 0.1) is 15.6 Å². The van der Waals surface area contributed by atoms with E-state index in [1.165, 1.54) is 0 Å². The number of carboxylic acid groups (broad SMARTS) is 1. The molecule has 2 aromatic carbocycles. The van der Waals surface area contributed by atoms with Gasteiger partial charge in [0, 0.05) is 22.7 Å². The van der Waals surface area contributed by atoms with Crippen molar-refractivity contribution in [2.24, 2.45) is 0 Å². The number of benzene rings is 2. The molecule has 1 aromatic heterocycles. The third-order valence-corrected chi connectivity index (χ3v) is 5.49. The Bertz CT molecular complexity index is 1170. The second kappa shape index (κ2) is 7.18. The molecule has 28 heavy (non-hydrogen) atoms. The molecule has 0 spiro atoms. The number of thioether (sulfide) groups is 1. The number of hydrogen-bond acceptors (Lipinski definition) is 4. The van der Waals surface area contributed by atoms with Gasteiger partial charge in [-0.15, -0.1) is 0 Å². The van der Waals surface area contributed by atoms with E-state index in [9.17, 15) is 14.4 Å². The predicted molar refractivity (Wildman–Crippen MR) is 109 cm³/mol. The van der Waals surface area contributed by atoms with Crippen LogP contribution in [-0.2, 0) is 16.1 Å². The Hall–Kier alpha value is -3.03. The van der Waals surface area contributed by atoms with E-state index < -0.39 is 17.1 Å². The number of amides is 2. The molecule has 0 atom stereocenters. The topological polar surface area (TPSA) is 79.6 Å². The molecule has 8 heteroatoms. The summed E-state index contributed by atoms with van der Waals surface area (Å²) in [5, 5.41) is 9.80. The van der Waals surface area contributed by atoms with Gasteiger partial charge in [-0.3, -0.25) is 14.4 Å². The number of anilines is 1. The van der Waals surface area contributed by atoms with Gasteiger partial charge in [0.1, 0.15) is 6.54 Å². The molecule has 1 saturated heterocycles. The van der Waals surface area contributed by atoms with Gasteiger partial charge < -0.3 is 9.67 Å². The first-order valence-corrected chi connectivity index (χ1v) is 9.47. The molecule has 1 N–H and O–H groups in total. The molecule has 0 saturated carbocycles. The fourth-order valence-corrected chi connectivity index (χ4v) is 4.16. The monoisotopic (exact) mass is 412 g/mol. The van der Waals surface area contributed by atoms with E-state index in [0.29, 0.717) is 16.3 Å². The molecule has 4 rings (SSSR count). The van der Waals surface area contributed by atoms with Crippen LogP contribution in [-0.4, -0.2) is 26.8 Å². The third kappa shape index (κ3) is 3.19. The molecule has 1 aliphatic rings. The van der Waals surface area contributed by atoms with Crippen molar-refractivity contribution in [2.75, 3.05) is 4.90 Å². The summed E-state index contributed by atoms with van der Waals surface area (Å²) in [4.78, 5) is 37.7. The number of hydrogen-bond donors (Lipinski definition) is 1. The number of imide groups is 1. The molecule has 1 aliphatic heterocycles. The number of carboxylic acids is 1. The summed E-state index contributed by atoms with van der Waals surface area (Å²) in [6.45, 7) is -0.199. The molecule has 2 amide bonds. The normalized spacial score (nSPS) is 15.8. The molecule has 2 heterocycles. The van der Waals surface area contributed by atoms with Crippen molar-refractivity contribution < 1.29 is 19.5 Å². The highest BCUT2D eigenvalue weighted by Crippen LogP contribution is 2.39. The van der Waals surface area contributed by atoms with Crippen LogP contribution in [0.1, 0.15) is 5.56 Å². The van der Waals surface area contributed by atoms with Crippen LogP contribution in [0.5, 0.6) is 0 Å². The fraction of sp³-hybridized carbons (Fsp3) is 0.0500. The number of aliphatic carboxylic acids is 1. The average molecular weight is 413 g/mol. The van der Waals surface area contributed by atoms with Gasteiger partial charge in [-0.1, -0.05) is 41.9 Å². The highest BCUT2D eigenvalue weighted by Gasteiger charge is 2.37. The summed E-state index contributed by atoms with van der Waals surface area (Å²) in [6.07, 6.45) is 3.28. The van der Waals surface area contributed by atoms with E-state index in [2.05, 4.69) is 0 Å². The molecular formula is C20H13ClN2O4S. The molecule has 0 radical (unpaired) electrons. The number of carbonyl (C=O) groups is 3. The van der Waals surface area contributed by atoms with Crippen LogP contribution in [0.25, 0.3) is 17.0 Å². The fourth-order valence-electron chi connectivity index (χ4n) is 3.12. The van der Waals surface area contributed by atoms with E-state index in [1.54, 1.807) is 41.1 Å². The summed E-state index contributed by atoms with van der Waals surface area (Å²) < 4.78 is 1.60. The maximum atomic E-state index is 12.9. The highest BCUT2D eigenvalue weighted by atomic mass is 35.5. The third-order valence-electron chi connectivity index (χ3n) is 4.30. The quantitative estimate of drug-likeness (QED) is 0.632. The van der Waals surface area contributed by atoms with Crippen LogP contribution < -0.4 is 4.90 Å². The molecule has 0 aliphatic carbocycles. The number of carbonyl (C=O) groups excluding carboxylic acids is 2. The summed E-state index contributed by atoms with van der Waals surface area (Å²) in [5.74, 6) is -1.43. The number of aromatic nitrogens is 1. The van der Waals surface area contributed by atoms with Crippen LogP contribution >= 0.6 is 23.4 Å². The van der Waals surface area contributed by atoms with Crippen molar-refractivity contribution in [1.29, 1.82) is 0 Å². The van der Waals surface area contributed by atoms with Gasteiger partial charge >= 0.3 is 5.97 Å². The van der Waals surface area contributed by atoms with Crippen LogP contribution in [0, 0.1) is 0 Å². The molecule has 3 aromatic rings. The number of halogens is 1. The second-order valence-corrected chi connectivity index (χ2v) is 7.49. The van der Waals surface area contributed by atoms with Crippen molar-refractivity contribution >= 4 is 63.1 Å². The minimum absolute atomic E-state index is 0.199. The summed E-state index contributed by atoms with van der Waals surface area (Å²) in [5.41, 5.74) is 1.74. The minimum atomic E-state index is -0.966. The lowest BCUT2D eigenvalue weighted by atomic mass is 10.1. The minimum Gasteiger partial charge on any atom is -0.480 e. The SMILES string of the molecule is O=C(O)Cn1cc(/C=C2\SC(=O)N(c3ccccc3Cl)C2=O)c2ccccc21. The number of para-hydroxylation sites is 2. The summed E-state index contributed by atoms with van der Waals surface area (Å²) in [6, 6.07) is 14.0. The number of rotatable bonds is 4. The van der Waals surface area contributed by atoms with E-state index >= 15 is 0 Å². The number of nitrogens with zero attached hydrogens (tertiary/aromatic N) is 2. The summed E-state index contributed by atoms with van der Waals surface area (Å²) >= 11 is 6.97. The molecule has 0 bridgehead atoms. The molecule has 1 fully saturated rings. The zero-order valence-corrected chi connectivity index (χ0v) is 15.9. The Morgan fingerprint density at radius 2 is 1.82 bits per heavy atom. The van der Waals surface area contributed by atoms with Gasteiger partial charge in [0.25, 0.3) is 11.1 Å². The molecular weight excluding hydrogens is 400 g/mol. The van der Waals surface area contributed by atoms with E-state index in [-0.39, 0.29) is 11.4 Å². The van der Waals surface area contributed by atoms with Crippen LogP contribution in [0.15, 0.2) is 59.6 Å². The first-order chi connectivity index (χ1) is 13.5. The van der Waals surface area contributed by atoms with E-state index in [4.69, 9.17) is 16.7 Å². The maximum Gasteiger partial charge on any atom is 0.323 e. The van der Waals surface area contributed by atoms with E-state index in [1.807, 2.05) is 24.3 Å². The zero-order chi connectivity index (χ0) is 19.8. The standard InChI is InChI=1S/C20H13ClN2O4S/c21-14-6-2-4-8-16(14)23-19(26)17(28-20(23)27)9-12-10-22(11-18(24)25)15-7-3-1-5-13(12)15/h1-10H,11H2,(H,24,25)/b17-9-. The van der Waals surface area contributed by atoms with Crippen molar-refractivity contribution in [1.82, 2.24) is 4.57 Å². The molecule has 0 unspecified atom stereocenters. The molecule has 6 nitrogen and oxygen atoms in total. The van der Waals surface area contributed by atoms with Crippen molar-refractivity contribution in [3.8, 4) is 0 Å². The lowest BCUT2D eigenvalue weighted by Gasteiger charge is -2.13. The van der Waals surface area contributed by atoms with Crippen molar-refractivity contribution in [2.45, 2.75) is 6.54 Å². The first kappa shape index (κ1) is 18.3. The Morgan fingerprint density at radius 3 is 2.57 bits per heavy atom. The zero-order valence-electron chi connectivity index (χ0n) is 14.3. The largest absolute Gasteiger partial charge is 0.480 e. The predicted octanol–water partition coefficient (Wildman–Crippen LogP) is 4.62. The van der Waals surface area contributed by atoms with Gasteiger partial charge in [0.2, 0.25) is 0 Å². The Labute approximate surface area is 169 Å². The van der Waals surface area contributed by atoms with Gasteiger partial charge in [-0.2, -0.15) is 0 Å². The van der Waals surface area contributed by atoms with Crippen molar-refractivity contribution in [3.63, 3.8) is 0 Å². The highest BCUT2D eigenvalue weighted by molar-refractivity contribution is 8.19. The Balaban J connectivity index is 1.76. The maximum absolute atomic E-state index is 12.9. The number of fused-ring (bicyclic) bond motifs is 1. The summed E-state index contributed by atoms with van der Waals surface area (Å²) in [7, 11) is 0. The van der Waals surface area contributed by atoms with Crippen LogP contribution in [0.2, 0.25) is 5.02 Å². The Kier molecular flexibility index (Phi) is 4.70. The van der Waals surface area contributed by atoms with Gasteiger partial charge in [0.15, 0.2) is 0 Å². The van der Waals surface area contributed by atoms with Crippen LogP contribution in [0.4, 0.5) is 10.5 Å². The Morgan fingerprint density at radius 1 is 1.11 bits per heavy atom. The molecule has 140 valence electrons. The smallest absolute Gasteiger partial charge is 0.323 e. The lowest BCUT2D eigenvalue weighted by molar-refractivity contribution is -0.137. The first-order valence-electron chi connectivity index (χ1n) is 8.28. The van der Waals surface area contributed by atoms with E-state index in [0.717, 1.165) is 27.6 Å². The lowest BCUT2D eigenvalue weighted by Crippen LogP contribution is -2.27.